The molecule has 0 radical (unpaired) electrons. The number of nitrogens with zero attached hydrogens (tertiary/aromatic N) is 1. The largest absolute Gasteiger partial charge is 0.345 e. The summed E-state index contributed by atoms with van der Waals surface area (Å²) in [5.41, 5.74) is 1.80. The maximum atomic E-state index is 12.1. The summed E-state index contributed by atoms with van der Waals surface area (Å²) in [5.74, 6) is -0.471. The Morgan fingerprint density at radius 3 is 2.35 bits per heavy atom. The molecule has 0 heterocycles. The Bertz CT molecular complexity index is 737. The molecule has 0 saturated heterocycles. The van der Waals surface area contributed by atoms with Crippen LogP contribution in [0.15, 0.2) is 54.6 Å². The molecule has 2 aromatic rings. The summed E-state index contributed by atoms with van der Waals surface area (Å²) >= 11 is 5.81. The van der Waals surface area contributed by atoms with Gasteiger partial charge in [0.1, 0.15) is 0 Å². The Kier molecular flexibility index (Phi) is 5.55. The predicted octanol–water partition coefficient (Wildman–Crippen LogP) is 3.69. The van der Waals surface area contributed by atoms with Crippen LogP contribution in [0.1, 0.15) is 15.9 Å². The number of hydrogen-bond donors (Lipinski definition) is 1. The van der Waals surface area contributed by atoms with E-state index in [4.69, 9.17) is 11.6 Å². The van der Waals surface area contributed by atoms with Crippen LogP contribution in [0.25, 0.3) is 6.08 Å². The number of halogens is 1. The quantitative estimate of drug-likeness (QED) is 0.870. The van der Waals surface area contributed by atoms with Crippen LogP contribution in [0.5, 0.6) is 0 Å². The Morgan fingerprint density at radius 1 is 1.04 bits per heavy atom. The molecule has 1 N–H and O–H groups in total. The van der Waals surface area contributed by atoms with Gasteiger partial charge in [-0.3, -0.25) is 9.59 Å². The van der Waals surface area contributed by atoms with E-state index in [-0.39, 0.29) is 11.8 Å². The van der Waals surface area contributed by atoms with Gasteiger partial charge in [0.15, 0.2) is 0 Å². The van der Waals surface area contributed by atoms with Crippen LogP contribution in [-0.2, 0) is 4.79 Å². The zero-order valence-electron chi connectivity index (χ0n) is 12.9. The lowest BCUT2D eigenvalue weighted by Crippen LogP contribution is -2.23. The Balaban J connectivity index is 2.11. The Labute approximate surface area is 140 Å². The van der Waals surface area contributed by atoms with Gasteiger partial charge in [-0.2, -0.15) is 0 Å². The van der Waals surface area contributed by atoms with Gasteiger partial charge >= 0.3 is 0 Å². The zero-order chi connectivity index (χ0) is 16.8. The van der Waals surface area contributed by atoms with Crippen molar-refractivity contribution in [3.8, 4) is 0 Å². The van der Waals surface area contributed by atoms with E-state index >= 15 is 0 Å². The molecule has 0 unspecified atom stereocenters. The highest BCUT2D eigenvalue weighted by molar-refractivity contribution is 6.30. The molecule has 0 aliphatic carbocycles. The normalized spacial score (nSPS) is 10.6. The summed E-state index contributed by atoms with van der Waals surface area (Å²) in [6.45, 7) is 0. The molecule has 0 saturated carbocycles. The van der Waals surface area contributed by atoms with Gasteiger partial charge < -0.3 is 10.2 Å². The molecule has 2 amide bonds. The fourth-order valence-electron chi connectivity index (χ4n) is 1.94. The first-order valence-corrected chi connectivity index (χ1v) is 7.40. The molecule has 0 fully saturated rings. The van der Waals surface area contributed by atoms with Crippen molar-refractivity contribution in [1.29, 1.82) is 0 Å². The molecule has 2 aromatic carbocycles. The van der Waals surface area contributed by atoms with E-state index in [1.165, 1.54) is 11.0 Å². The lowest BCUT2D eigenvalue weighted by Gasteiger charge is -2.14. The molecule has 0 aromatic heterocycles. The van der Waals surface area contributed by atoms with Crippen LogP contribution in [0.3, 0.4) is 0 Å². The van der Waals surface area contributed by atoms with Crippen LogP contribution < -0.4 is 5.32 Å². The van der Waals surface area contributed by atoms with Crippen molar-refractivity contribution in [3.05, 3.63) is 70.8 Å². The third-order valence-corrected chi connectivity index (χ3v) is 3.37. The predicted molar refractivity (Wildman–Crippen MR) is 93.6 cm³/mol. The molecule has 0 aliphatic rings. The number of rotatable bonds is 4. The number of hydrogen-bond acceptors (Lipinski definition) is 2. The van der Waals surface area contributed by atoms with Crippen molar-refractivity contribution < 1.29 is 9.59 Å². The van der Waals surface area contributed by atoms with E-state index in [0.29, 0.717) is 16.3 Å². The number of nitrogens with one attached hydrogen (secondary N) is 1. The van der Waals surface area contributed by atoms with Crippen molar-refractivity contribution in [1.82, 2.24) is 4.90 Å². The number of para-hydroxylation sites is 1. The molecule has 118 valence electrons. The van der Waals surface area contributed by atoms with Crippen molar-refractivity contribution in [2.24, 2.45) is 0 Å². The van der Waals surface area contributed by atoms with Crippen molar-refractivity contribution >= 4 is 35.2 Å². The maximum absolute atomic E-state index is 12.1. The maximum Gasteiger partial charge on any atom is 0.255 e. The fraction of sp³-hybridized carbons (Fsp3) is 0.111. The van der Waals surface area contributed by atoms with Gasteiger partial charge in [0, 0.05) is 25.2 Å². The minimum atomic E-state index is -0.307. The first-order valence-electron chi connectivity index (χ1n) is 7.02. The molecule has 23 heavy (non-hydrogen) atoms. The molecular weight excluding hydrogens is 312 g/mol. The second kappa shape index (κ2) is 7.61. The van der Waals surface area contributed by atoms with Crippen molar-refractivity contribution in [3.63, 3.8) is 0 Å². The number of carbonyl (C=O) groups is 2. The van der Waals surface area contributed by atoms with Crippen molar-refractivity contribution in [2.75, 3.05) is 19.4 Å². The lowest BCUT2D eigenvalue weighted by atomic mass is 10.1. The van der Waals surface area contributed by atoms with Crippen molar-refractivity contribution in [2.45, 2.75) is 0 Å². The van der Waals surface area contributed by atoms with E-state index in [9.17, 15) is 9.59 Å². The van der Waals surface area contributed by atoms with Gasteiger partial charge in [0.25, 0.3) is 5.91 Å². The van der Waals surface area contributed by atoms with Crippen LogP contribution in [0.4, 0.5) is 5.69 Å². The molecule has 4 nitrogen and oxygen atoms in total. The molecule has 0 spiro atoms. The molecule has 0 aliphatic heterocycles. The summed E-state index contributed by atoms with van der Waals surface area (Å²) in [5, 5.41) is 3.37. The zero-order valence-corrected chi connectivity index (χ0v) is 13.7. The lowest BCUT2D eigenvalue weighted by molar-refractivity contribution is -0.111. The molecule has 5 heteroatoms. The summed E-state index contributed by atoms with van der Waals surface area (Å²) in [6, 6.07) is 14.0. The van der Waals surface area contributed by atoms with E-state index in [1.54, 1.807) is 56.6 Å². The second-order valence-corrected chi connectivity index (χ2v) is 5.56. The molecule has 2 rings (SSSR count). The Morgan fingerprint density at radius 2 is 1.70 bits per heavy atom. The first kappa shape index (κ1) is 16.8. The third-order valence-electron chi connectivity index (χ3n) is 3.12. The third kappa shape index (κ3) is 4.69. The SMILES string of the molecule is CN(C)C(=O)c1ccccc1NC(=O)/C=C/c1ccc(Cl)cc1. The average Bonchev–Trinajstić information content (AvgIpc) is 2.54. The van der Waals surface area contributed by atoms with E-state index in [1.807, 2.05) is 12.1 Å². The number of carbonyl (C=O) groups excluding carboxylic acids is 2. The van der Waals surface area contributed by atoms with Gasteiger partial charge in [-0.25, -0.2) is 0 Å². The highest BCUT2D eigenvalue weighted by Gasteiger charge is 2.13. The van der Waals surface area contributed by atoms with Crippen LogP contribution in [0.2, 0.25) is 5.02 Å². The van der Waals surface area contributed by atoms with Crippen LogP contribution in [0, 0.1) is 0 Å². The molecule has 0 atom stereocenters. The van der Waals surface area contributed by atoms with Gasteiger partial charge in [-0.15, -0.1) is 0 Å². The monoisotopic (exact) mass is 328 g/mol. The summed E-state index contributed by atoms with van der Waals surface area (Å²) in [6.07, 6.45) is 3.10. The average molecular weight is 329 g/mol. The minimum Gasteiger partial charge on any atom is -0.345 e. The highest BCUT2D eigenvalue weighted by Crippen LogP contribution is 2.17. The summed E-state index contributed by atoms with van der Waals surface area (Å²) in [7, 11) is 3.34. The number of benzene rings is 2. The van der Waals surface area contributed by atoms with E-state index in [2.05, 4.69) is 5.32 Å². The number of anilines is 1. The fourth-order valence-corrected chi connectivity index (χ4v) is 2.07. The standard InChI is InChI=1S/C18H17ClN2O2/c1-21(2)18(23)15-5-3-4-6-16(15)20-17(22)12-9-13-7-10-14(19)11-8-13/h3-12H,1-2H3,(H,20,22)/b12-9+. The molecular formula is C18H17ClN2O2. The minimum absolute atomic E-state index is 0.164. The van der Waals surface area contributed by atoms with Crippen LogP contribution >= 0.6 is 11.6 Å². The number of amides is 2. The topological polar surface area (TPSA) is 49.4 Å². The van der Waals surface area contributed by atoms with Gasteiger partial charge in [-0.05, 0) is 35.9 Å². The molecule has 0 bridgehead atoms. The summed E-state index contributed by atoms with van der Waals surface area (Å²) in [4.78, 5) is 25.6. The first-order chi connectivity index (χ1) is 11.0. The van der Waals surface area contributed by atoms with Gasteiger partial charge in [0.05, 0.1) is 11.3 Å². The second-order valence-electron chi connectivity index (χ2n) is 5.12. The van der Waals surface area contributed by atoms with Gasteiger partial charge in [-0.1, -0.05) is 35.9 Å². The smallest absolute Gasteiger partial charge is 0.255 e. The van der Waals surface area contributed by atoms with E-state index < -0.39 is 0 Å². The Hall–Kier alpha value is -2.59. The summed E-state index contributed by atoms with van der Waals surface area (Å²) < 4.78 is 0. The van der Waals surface area contributed by atoms with Crippen LogP contribution in [-0.4, -0.2) is 30.8 Å². The van der Waals surface area contributed by atoms with Gasteiger partial charge in [0.2, 0.25) is 5.91 Å². The van der Waals surface area contributed by atoms with E-state index in [0.717, 1.165) is 5.56 Å². The highest BCUT2D eigenvalue weighted by atomic mass is 35.5.